The number of hydrogen-bond acceptors (Lipinski definition) is 2. The molecule has 22 heavy (non-hydrogen) atoms. The van der Waals surface area contributed by atoms with E-state index in [1.165, 1.54) is 5.69 Å². The van der Waals surface area contributed by atoms with E-state index in [4.69, 9.17) is 4.42 Å². The van der Waals surface area contributed by atoms with Gasteiger partial charge in [-0.15, -0.1) is 0 Å². The molecule has 2 heterocycles. The second-order valence-electron chi connectivity index (χ2n) is 5.05. The fraction of sp³-hybridized carbons (Fsp3) is 0.400. The molecule has 0 aliphatic carbocycles. The predicted molar refractivity (Wildman–Crippen MR) is 96.1 cm³/mol. The van der Waals surface area contributed by atoms with Crippen molar-refractivity contribution in [3.63, 3.8) is 0 Å². The molecule has 0 amide bonds. The Hall–Kier alpha value is -1.21. The Labute approximate surface area is 147 Å². The van der Waals surface area contributed by atoms with Gasteiger partial charge < -0.3 is 19.2 Å². The predicted octanol–water partition coefficient (Wildman–Crippen LogP) is 3.39. The molecule has 0 bridgehead atoms. The molecular formula is C15H20Br2N4O. The maximum Gasteiger partial charge on any atom is 0.193 e. The zero-order chi connectivity index (χ0) is 16.1. The van der Waals surface area contributed by atoms with Gasteiger partial charge in [-0.1, -0.05) is 0 Å². The molecule has 0 fully saturated rings. The van der Waals surface area contributed by atoms with Crippen molar-refractivity contribution in [1.29, 1.82) is 0 Å². The van der Waals surface area contributed by atoms with Crippen LogP contribution in [0.25, 0.3) is 0 Å². The summed E-state index contributed by atoms with van der Waals surface area (Å²) in [7, 11) is 5.86. The van der Waals surface area contributed by atoms with Crippen LogP contribution in [-0.4, -0.2) is 36.1 Å². The minimum absolute atomic E-state index is 0.762. The highest BCUT2D eigenvalue weighted by atomic mass is 79.9. The number of halogens is 2. The van der Waals surface area contributed by atoms with Gasteiger partial charge in [0.25, 0.3) is 0 Å². The SMILES string of the molecule is CN=C(NCCc1ccc(Br)o1)N(C)Cc1cc(Br)cn1C. The highest BCUT2D eigenvalue weighted by molar-refractivity contribution is 9.10. The maximum absolute atomic E-state index is 5.49. The van der Waals surface area contributed by atoms with Crippen molar-refractivity contribution in [2.24, 2.45) is 12.0 Å². The molecule has 0 saturated heterocycles. The zero-order valence-corrected chi connectivity index (χ0v) is 16.1. The number of furan rings is 1. The first kappa shape index (κ1) is 17.1. The fourth-order valence-corrected chi connectivity index (χ4v) is 3.12. The molecule has 0 spiro atoms. The third-order valence-corrected chi connectivity index (χ3v) is 4.19. The van der Waals surface area contributed by atoms with E-state index in [2.05, 4.69) is 57.7 Å². The van der Waals surface area contributed by atoms with Crippen LogP contribution < -0.4 is 5.32 Å². The summed E-state index contributed by atoms with van der Waals surface area (Å²) in [6.07, 6.45) is 2.86. The van der Waals surface area contributed by atoms with Crippen molar-refractivity contribution in [2.45, 2.75) is 13.0 Å². The number of hydrogen-bond donors (Lipinski definition) is 1. The average molecular weight is 432 g/mol. The number of aryl methyl sites for hydroxylation is 1. The third kappa shape index (κ3) is 4.64. The number of rotatable bonds is 5. The van der Waals surface area contributed by atoms with E-state index in [0.717, 1.165) is 40.4 Å². The molecular weight excluding hydrogens is 412 g/mol. The van der Waals surface area contributed by atoms with Gasteiger partial charge in [0.05, 0.1) is 6.54 Å². The minimum Gasteiger partial charge on any atom is -0.454 e. The summed E-state index contributed by atoms with van der Waals surface area (Å²) in [5.41, 5.74) is 1.22. The van der Waals surface area contributed by atoms with Crippen LogP contribution in [0.5, 0.6) is 0 Å². The summed E-state index contributed by atoms with van der Waals surface area (Å²) in [4.78, 5) is 6.42. The second kappa shape index (κ2) is 7.87. The Balaban J connectivity index is 1.86. The Morgan fingerprint density at radius 3 is 2.73 bits per heavy atom. The topological polar surface area (TPSA) is 45.7 Å². The van der Waals surface area contributed by atoms with E-state index in [0.29, 0.717) is 0 Å². The highest BCUT2D eigenvalue weighted by Crippen LogP contribution is 2.15. The van der Waals surface area contributed by atoms with Crippen LogP contribution in [0.4, 0.5) is 0 Å². The smallest absolute Gasteiger partial charge is 0.193 e. The van der Waals surface area contributed by atoms with Crippen molar-refractivity contribution >= 4 is 37.8 Å². The molecule has 0 unspecified atom stereocenters. The van der Waals surface area contributed by atoms with Crippen LogP contribution in [0.2, 0.25) is 0 Å². The van der Waals surface area contributed by atoms with Gasteiger partial charge in [0.2, 0.25) is 0 Å². The maximum atomic E-state index is 5.49. The lowest BCUT2D eigenvalue weighted by Gasteiger charge is -2.22. The Kier molecular flexibility index (Phi) is 6.14. The number of aromatic nitrogens is 1. The summed E-state index contributed by atoms with van der Waals surface area (Å²) < 4.78 is 9.44. The van der Waals surface area contributed by atoms with Crippen molar-refractivity contribution in [3.8, 4) is 0 Å². The van der Waals surface area contributed by atoms with E-state index >= 15 is 0 Å². The lowest BCUT2D eigenvalue weighted by Crippen LogP contribution is -2.39. The first-order valence-electron chi connectivity index (χ1n) is 6.96. The van der Waals surface area contributed by atoms with Gasteiger partial charge >= 0.3 is 0 Å². The molecule has 0 aromatic carbocycles. The van der Waals surface area contributed by atoms with Gasteiger partial charge in [0.15, 0.2) is 10.6 Å². The zero-order valence-electron chi connectivity index (χ0n) is 12.9. The van der Waals surface area contributed by atoms with Gasteiger partial charge in [0, 0.05) is 50.5 Å². The molecule has 0 aliphatic rings. The Morgan fingerprint density at radius 2 is 2.18 bits per heavy atom. The Bertz CT molecular complexity index is 648. The van der Waals surface area contributed by atoms with E-state index < -0.39 is 0 Å². The van der Waals surface area contributed by atoms with Crippen molar-refractivity contribution in [2.75, 3.05) is 20.6 Å². The second-order valence-corrected chi connectivity index (χ2v) is 6.74. The molecule has 0 radical (unpaired) electrons. The van der Waals surface area contributed by atoms with Gasteiger partial charge in [0.1, 0.15) is 5.76 Å². The largest absolute Gasteiger partial charge is 0.454 e. The molecule has 0 aliphatic heterocycles. The monoisotopic (exact) mass is 430 g/mol. The number of nitrogens with one attached hydrogen (secondary N) is 1. The lowest BCUT2D eigenvalue weighted by atomic mass is 10.3. The molecule has 5 nitrogen and oxygen atoms in total. The molecule has 2 aromatic heterocycles. The van der Waals surface area contributed by atoms with Gasteiger partial charge in [-0.05, 0) is 50.1 Å². The molecule has 0 saturated carbocycles. The molecule has 120 valence electrons. The van der Waals surface area contributed by atoms with Crippen LogP contribution in [0.3, 0.4) is 0 Å². The van der Waals surface area contributed by atoms with E-state index in [1.807, 2.05) is 32.4 Å². The van der Waals surface area contributed by atoms with Crippen LogP contribution in [0.1, 0.15) is 11.5 Å². The highest BCUT2D eigenvalue weighted by Gasteiger charge is 2.09. The average Bonchev–Trinajstić information content (AvgIpc) is 3.01. The summed E-state index contributed by atoms with van der Waals surface area (Å²) in [5.74, 6) is 1.81. The van der Waals surface area contributed by atoms with Gasteiger partial charge in [-0.2, -0.15) is 0 Å². The summed E-state index contributed by atoms with van der Waals surface area (Å²) in [6, 6.07) is 5.99. The van der Waals surface area contributed by atoms with Crippen LogP contribution in [-0.2, 0) is 20.0 Å². The third-order valence-electron chi connectivity index (χ3n) is 3.33. The number of nitrogens with zero attached hydrogens (tertiary/aromatic N) is 3. The lowest BCUT2D eigenvalue weighted by molar-refractivity contribution is 0.455. The van der Waals surface area contributed by atoms with Crippen LogP contribution in [0, 0.1) is 0 Å². The quantitative estimate of drug-likeness (QED) is 0.582. The van der Waals surface area contributed by atoms with Crippen molar-refractivity contribution in [1.82, 2.24) is 14.8 Å². The molecule has 2 aromatic rings. The van der Waals surface area contributed by atoms with Gasteiger partial charge in [-0.25, -0.2) is 0 Å². The van der Waals surface area contributed by atoms with E-state index in [9.17, 15) is 0 Å². The van der Waals surface area contributed by atoms with Crippen LogP contribution in [0.15, 0.2) is 42.9 Å². The summed E-state index contributed by atoms with van der Waals surface area (Å²) in [6.45, 7) is 1.56. The molecule has 2 rings (SSSR count). The molecule has 1 N–H and O–H groups in total. The normalized spacial score (nSPS) is 11.8. The minimum atomic E-state index is 0.762. The standard InChI is InChI=1S/C15H20Br2N4O/c1-18-15(19-7-6-13-4-5-14(17)22-13)21(3)10-12-8-11(16)9-20(12)2/h4-5,8-9H,6-7,10H2,1-3H3,(H,18,19). The first-order chi connectivity index (χ1) is 10.5. The van der Waals surface area contributed by atoms with Gasteiger partial charge in [-0.3, -0.25) is 4.99 Å². The fourth-order valence-electron chi connectivity index (χ4n) is 2.21. The van der Waals surface area contributed by atoms with Crippen molar-refractivity contribution < 1.29 is 4.42 Å². The van der Waals surface area contributed by atoms with E-state index in [-0.39, 0.29) is 0 Å². The summed E-state index contributed by atoms with van der Waals surface area (Å²) >= 11 is 6.81. The first-order valence-corrected chi connectivity index (χ1v) is 8.55. The van der Waals surface area contributed by atoms with E-state index in [1.54, 1.807) is 7.05 Å². The summed E-state index contributed by atoms with van der Waals surface area (Å²) in [5, 5.41) is 3.35. The Morgan fingerprint density at radius 1 is 1.41 bits per heavy atom. The van der Waals surface area contributed by atoms with Crippen molar-refractivity contribution in [3.05, 3.63) is 45.0 Å². The number of aliphatic imine (C=N–C) groups is 1. The molecule has 7 heteroatoms. The number of guanidine groups is 1. The van der Waals surface area contributed by atoms with Crippen LogP contribution >= 0.6 is 31.9 Å². The molecule has 0 atom stereocenters.